The van der Waals surface area contributed by atoms with Crippen molar-refractivity contribution in [2.45, 2.75) is 38.6 Å². The third kappa shape index (κ3) is 5.56. The standard InChI is InChI=1S/C21H31N5O2.2ClH/c1-16-6-10-24(11-7-16)19-5-4-17(13-23-19)21(28)25-9-2-3-18(15-25)26-12-8-22-14-20(26)27;;/h4-5,13,16,18,22H,2-3,6-12,14-15H2,1H3;2*1H. The summed E-state index contributed by atoms with van der Waals surface area (Å²) in [6.07, 6.45) is 6.02. The third-order valence-electron chi connectivity index (χ3n) is 6.35. The normalized spacial score (nSPS) is 22.9. The van der Waals surface area contributed by atoms with E-state index in [1.54, 1.807) is 6.20 Å². The highest BCUT2D eigenvalue weighted by Gasteiger charge is 2.32. The Morgan fingerprint density at radius 2 is 1.87 bits per heavy atom. The van der Waals surface area contributed by atoms with Crippen LogP contribution < -0.4 is 10.2 Å². The maximum atomic E-state index is 13.0. The fourth-order valence-electron chi connectivity index (χ4n) is 4.52. The van der Waals surface area contributed by atoms with Gasteiger partial charge in [-0.2, -0.15) is 0 Å². The van der Waals surface area contributed by atoms with Crippen LogP contribution >= 0.6 is 24.8 Å². The summed E-state index contributed by atoms with van der Waals surface area (Å²) in [5.74, 6) is 1.92. The van der Waals surface area contributed by atoms with Gasteiger partial charge in [-0.05, 0) is 43.7 Å². The molecular formula is C21H33Cl2N5O2. The number of carbonyl (C=O) groups excluding carboxylic acids is 2. The van der Waals surface area contributed by atoms with Gasteiger partial charge in [0.15, 0.2) is 0 Å². The number of aromatic nitrogens is 1. The lowest BCUT2D eigenvalue weighted by molar-refractivity contribution is -0.135. The van der Waals surface area contributed by atoms with Crippen molar-refractivity contribution in [2.75, 3.05) is 50.7 Å². The van der Waals surface area contributed by atoms with Crippen LogP contribution in [0.2, 0.25) is 0 Å². The molecule has 3 saturated heterocycles. The first kappa shape index (κ1) is 24.7. The molecule has 0 radical (unpaired) electrons. The van der Waals surface area contributed by atoms with Crippen molar-refractivity contribution < 1.29 is 9.59 Å². The molecule has 4 heterocycles. The molecule has 3 aliphatic heterocycles. The molecule has 1 aromatic rings. The van der Waals surface area contributed by atoms with Gasteiger partial charge in [0.25, 0.3) is 5.91 Å². The number of anilines is 1. The van der Waals surface area contributed by atoms with Crippen LogP contribution in [0.25, 0.3) is 0 Å². The number of likely N-dealkylation sites (tertiary alicyclic amines) is 1. The Morgan fingerprint density at radius 3 is 2.53 bits per heavy atom. The second-order valence-corrected chi connectivity index (χ2v) is 8.39. The minimum Gasteiger partial charge on any atom is -0.357 e. The van der Waals surface area contributed by atoms with Crippen LogP contribution in [0.5, 0.6) is 0 Å². The first-order chi connectivity index (χ1) is 13.6. The van der Waals surface area contributed by atoms with Gasteiger partial charge in [0.1, 0.15) is 5.82 Å². The van der Waals surface area contributed by atoms with Crippen LogP contribution in [0.15, 0.2) is 18.3 Å². The first-order valence-electron chi connectivity index (χ1n) is 10.6. The maximum Gasteiger partial charge on any atom is 0.255 e. The monoisotopic (exact) mass is 457 g/mol. The third-order valence-corrected chi connectivity index (χ3v) is 6.35. The number of halogens is 2. The lowest BCUT2D eigenvalue weighted by atomic mass is 9.99. The van der Waals surface area contributed by atoms with Crippen LogP contribution in [0, 0.1) is 5.92 Å². The number of hydrogen-bond donors (Lipinski definition) is 1. The van der Waals surface area contributed by atoms with E-state index in [4.69, 9.17) is 0 Å². The fraction of sp³-hybridized carbons (Fsp3) is 0.667. The van der Waals surface area contributed by atoms with Crippen molar-refractivity contribution in [3.05, 3.63) is 23.9 Å². The number of amides is 2. The van der Waals surface area contributed by atoms with Crippen molar-refractivity contribution in [1.82, 2.24) is 20.1 Å². The summed E-state index contributed by atoms with van der Waals surface area (Å²) in [4.78, 5) is 35.9. The van der Waals surface area contributed by atoms with Gasteiger partial charge in [-0.25, -0.2) is 4.98 Å². The number of nitrogens with zero attached hydrogens (tertiary/aromatic N) is 4. The number of nitrogens with one attached hydrogen (secondary N) is 1. The average Bonchev–Trinajstić information content (AvgIpc) is 2.74. The molecule has 30 heavy (non-hydrogen) atoms. The Morgan fingerprint density at radius 1 is 1.10 bits per heavy atom. The van der Waals surface area contributed by atoms with Gasteiger partial charge < -0.3 is 20.0 Å². The zero-order valence-corrected chi connectivity index (χ0v) is 19.2. The molecule has 2 amide bonds. The van der Waals surface area contributed by atoms with E-state index in [0.717, 1.165) is 57.3 Å². The van der Waals surface area contributed by atoms with Gasteiger partial charge in [0, 0.05) is 51.5 Å². The molecule has 1 aromatic heterocycles. The van der Waals surface area contributed by atoms with E-state index in [9.17, 15) is 9.59 Å². The largest absolute Gasteiger partial charge is 0.357 e. The molecule has 3 aliphatic rings. The first-order valence-corrected chi connectivity index (χ1v) is 10.6. The van der Waals surface area contributed by atoms with E-state index in [0.29, 0.717) is 18.7 Å². The summed E-state index contributed by atoms with van der Waals surface area (Å²) < 4.78 is 0. The smallest absolute Gasteiger partial charge is 0.255 e. The highest BCUT2D eigenvalue weighted by atomic mass is 35.5. The Balaban J connectivity index is 0.00000160. The van der Waals surface area contributed by atoms with Crippen molar-refractivity contribution in [2.24, 2.45) is 5.92 Å². The molecule has 9 heteroatoms. The molecule has 1 unspecified atom stereocenters. The van der Waals surface area contributed by atoms with Crippen LogP contribution in [0.4, 0.5) is 5.82 Å². The average molecular weight is 458 g/mol. The molecular weight excluding hydrogens is 425 g/mol. The fourth-order valence-corrected chi connectivity index (χ4v) is 4.52. The number of pyridine rings is 1. The molecule has 7 nitrogen and oxygen atoms in total. The highest BCUT2D eigenvalue weighted by Crippen LogP contribution is 2.23. The Hall–Kier alpha value is -1.57. The Bertz CT molecular complexity index is 710. The van der Waals surface area contributed by atoms with Crippen molar-refractivity contribution >= 4 is 42.4 Å². The van der Waals surface area contributed by atoms with E-state index < -0.39 is 0 Å². The number of piperidine rings is 2. The number of hydrogen-bond acceptors (Lipinski definition) is 5. The Labute approximate surface area is 191 Å². The van der Waals surface area contributed by atoms with Crippen LogP contribution in [0.3, 0.4) is 0 Å². The molecule has 168 valence electrons. The zero-order chi connectivity index (χ0) is 19.5. The number of rotatable bonds is 3. The molecule has 1 atom stereocenters. The van der Waals surface area contributed by atoms with Gasteiger partial charge in [-0.1, -0.05) is 6.92 Å². The van der Waals surface area contributed by atoms with Gasteiger partial charge in [0.05, 0.1) is 12.1 Å². The lowest BCUT2D eigenvalue weighted by Gasteiger charge is -2.41. The van der Waals surface area contributed by atoms with E-state index in [-0.39, 0.29) is 42.7 Å². The van der Waals surface area contributed by atoms with Gasteiger partial charge >= 0.3 is 0 Å². The van der Waals surface area contributed by atoms with E-state index in [1.165, 1.54) is 12.8 Å². The zero-order valence-electron chi connectivity index (χ0n) is 17.6. The molecule has 0 aliphatic carbocycles. The molecule has 4 rings (SSSR count). The summed E-state index contributed by atoms with van der Waals surface area (Å²) in [5.41, 5.74) is 0.640. The summed E-state index contributed by atoms with van der Waals surface area (Å²) in [7, 11) is 0. The summed E-state index contributed by atoms with van der Waals surface area (Å²) in [6, 6.07) is 4.02. The molecule has 1 N–H and O–H groups in total. The predicted molar refractivity (Wildman–Crippen MR) is 123 cm³/mol. The van der Waals surface area contributed by atoms with Crippen LogP contribution in [-0.2, 0) is 4.79 Å². The quantitative estimate of drug-likeness (QED) is 0.753. The van der Waals surface area contributed by atoms with Gasteiger partial charge in [-0.3, -0.25) is 9.59 Å². The molecule has 0 bridgehead atoms. The van der Waals surface area contributed by atoms with Crippen molar-refractivity contribution in [3.63, 3.8) is 0 Å². The second-order valence-electron chi connectivity index (χ2n) is 8.39. The van der Waals surface area contributed by atoms with E-state index >= 15 is 0 Å². The second kappa shape index (κ2) is 11.2. The lowest BCUT2D eigenvalue weighted by Crippen LogP contribution is -2.57. The summed E-state index contributed by atoms with van der Waals surface area (Å²) in [5, 5.41) is 3.11. The highest BCUT2D eigenvalue weighted by molar-refractivity contribution is 5.94. The summed E-state index contributed by atoms with van der Waals surface area (Å²) in [6.45, 7) is 7.71. The maximum absolute atomic E-state index is 13.0. The molecule has 3 fully saturated rings. The summed E-state index contributed by atoms with van der Waals surface area (Å²) >= 11 is 0. The van der Waals surface area contributed by atoms with Crippen LogP contribution in [-0.4, -0.2) is 78.5 Å². The van der Waals surface area contributed by atoms with Crippen molar-refractivity contribution in [1.29, 1.82) is 0 Å². The SMILES string of the molecule is CC1CCN(c2ccc(C(=O)N3CCCC(N4CCNCC4=O)C3)cn2)CC1.Cl.Cl. The minimum absolute atomic E-state index is 0. The van der Waals surface area contributed by atoms with Gasteiger partial charge in [0.2, 0.25) is 5.91 Å². The van der Waals surface area contributed by atoms with Crippen molar-refractivity contribution in [3.8, 4) is 0 Å². The minimum atomic E-state index is 0. The predicted octanol–water partition coefficient (Wildman–Crippen LogP) is 2.20. The van der Waals surface area contributed by atoms with E-state index in [1.807, 2.05) is 21.9 Å². The molecule has 0 saturated carbocycles. The number of carbonyl (C=O) groups is 2. The topological polar surface area (TPSA) is 68.8 Å². The molecule has 0 aromatic carbocycles. The van der Waals surface area contributed by atoms with E-state index in [2.05, 4.69) is 22.1 Å². The Kier molecular flexibility index (Phi) is 9.19. The van der Waals surface area contributed by atoms with Crippen LogP contribution in [0.1, 0.15) is 43.0 Å². The van der Waals surface area contributed by atoms with Gasteiger partial charge in [-0.15, -0.1) is 24.8 Å². The molecule has 0 spiro atoms. The number of piperazine rings is 1.